The van der Waals surface area contributed by atoms with Gasteiger partial charge >= 0.3 is 12.1 Å². The molecule has 0 spiro atoms. The number of hydrogen-bond donors (Lipinski definition) is 3. The van der Waals surface area contributed by atoms with E-state index in [1.165, 1.54) is 4.90 Å². The minimum Gasteiger partial charge on any atom is -0.496 e. The van der Waals surface area contributed by atoms with E-state index in [1.54, 1.807) is 35.0 Å². The summed E-state index contributed by atoms with van der Waals surface area (Å²) >= 11 is 0. The number of aliphatic carboxylic acids is 1. The van der Waals surface area contributed by atoms with Crippen LogP contribution in [-0.2, 0) is 25.8 Å². The Kier molecular flexibility index (Phi) is 10.9. The molecule has 3 rings (SSSR count). The fourth-order valence-electron chi connectivity index (χ4n) is 5.16. The predicted molar refractivity (Wildman–Crippen MR) is 159 cm³/mol. The van der Waals surface area contributed by atoms with Crippen molar-refractivity contribution in [1.82, 2.24) is 10.2 Å². The Labute approximate surface area is 247 Å². The van der Waals surface area contributed by atoms with Crippen LogP contribution in [0.25, 0.3) is 11.1 Å². The van der Waals surface area contributed by atoms with Crippen LogP contribution in [0.15, 0.2) is 42.5 Å². The van der Waals surface area contributed by atoms with Gasteiger partial charge in [-0.05, 0) is 63.3 Å². The third kappa shape index (κ3) is 7.93. The standard InChI is InChI=1S/C30H42N2O9S/c1-29(2,3)41-28(36)32-15-7-14-30(20-32,42(37,38)17-16-33)19-31-23(27(34)35)18-21-10-12-22(13-11-21)26-24(39-4)8-6-9-25(26)40-5/h6,8-13,23,31,33H,7,14-20H2,1-5H3,(H,34,35)/t23-,30?/m0/s1. The number of carbonyl (C=O) groups is 2. The van der Waals surface area contributed by atoms with Gasteiger partial charge in [-0.3, -0.25) is 4.79 Å². The molecule has 232 valence electrons. The molecule has 42 heavy (non-hydrogen) atoms. The number of carboxylic acids is 1. The predicted octanol–water partition coefficient (Wildman–Crippen LogP) is 3.13. The third-order valence-electron chi connectivity index (χ3n) is 7.29. The monoisotopic (exact) mass is 606 g/mol. The van der Waals surface area contributed by atoms with Crippen molar-refractivity contribution in [2.75, 3.05) is 46.2 Å². The van der Waals surface area contributed by atoms with Gasteiger partial charge in [-0.15, -0.1) is 0 Å². The second kappa shape index (κ2) is 13.7. The summed E-state index contributed by atoms with van der Waals surface area (Å²) in [5.41, 5.74) is 1.55. The van der Waals surface area contributed by atoms with Crippen LogP contribution in [0.1, 0.15) is 39.2 Å². The van der Waals surface area contributed by atoms with Gasteiger partial charge in [0.1, 0.15) is 27.9 Å². The van der Waals surface area contributed by atoms with Gasteiger partial charge in [0.25, 0.3) is 0 Å². The molecule has 0 radical (unpaired) electrons. The molecule has 2 aromatic rings. The maximum absolute atomic E-state index is 13.4. The van der Waals surface area contributed by atoms with E-state index in [4.69, 9.17) is 14.2 Å². The van der Waals surface area contributed by atoms with Crippen LogP contribution in [0.3, 0.4) is 0 Å². The van der Waals surface area contributed by atoms with E-state index in [1.807, 2.05) is 42.5 Å². The van der Waals surface area contributed by atoms with Crippen LogP contribution in [0.2, 0.25) is 0 Å². The summed E-state index contributed by atoms with van der Waals surface area (Å²) in [5.74, 6) is -0.369. The number of likely N-dealkylation sites (tertiary alicyclic amines) is 1. The average molecular weight is 607 g/mol. The Bertz CT molecular complexity index is 1320. The van der Waals surface area contributed by atoms with Crippen molar-refractivity contribution in [1.29, 1.82) is 0 Å². The number of ether oxygens (including phenoxy) is 3. The lowest BCUT2D eigenvalue weighted by molar-refractivity contribution is -0.139. The molecule has 0 saturated carbocycles. The van der Waals surface area contributed by atoms with Crippen molar-refractivity contribution < 1.29 is 42.4 Å². The molecule has 1 aliphatic rings. The highest BCUT2D eigenvalue weighted by atomic mass is 32.2. The summed E-state index contributed by atoms with van der Waals surface area (Å²) in [6.07, 6.45) is 0.0536. The summed E-state index contributed by atoms with van der Waals surface area (Å²) in [4.78, 5) is 26.4. The molecule has 1 aliphatic heterocycles. The lowest BCUT2D eigenvalue weighted by Gasteiger charge is -2.42. The molecule has 1 saturated heterocycles. The molecule has 1 fully saturated rings. The number of carbonyl (C=O) groups excluding carboxylic acids is 1. The van der Waals surface area contributed by atoms with Crippen molar-refractivity contribution in [3.8, 4) is 22.6 Å². The van der Waals surface area contributed by atoms with E-state index in [0.717, 1.165) is 16.7 Å². The quantitative estimate of drug-likeness (QED) is 0.329. The smallest absolute Gasteiger partial charge is 0.410 e. The maximum Gasteiger partial charge on any atom is 0.410 e. The number of sulfone groups is 1. The van der Waals surface area contributed by atoms with Crippen LogP contribution in [0, 0.1) is 0 Å². The summed E-state index contributed by atoms with van der Waals surface area (Å²) in [5, 5.41) is 22.5. The van der Waals surface area contributed by atoms with Crippen molar-refractivity contribution in [3.63, 3.8) is 0 Å². The first-order chi connectivity index (χ1) is 19.8. The second-order valence-electron chi connectivity index (χ2n) is 11.4. The Balaban J connectivity index is 1.82. The number of nitrogens with one attached hydrogen (secondary N) is 1. The lowest BCUT2D eigenvalue weighted by Crippen LogP contribution is -2.61. The van der Waals surface area contributed by atoms with Crippen LogP contribution in [-0.4, -0.2) is 98.2 Å². The van der Waals surface area contributed by atoms with Crippen LogP contribution >= 0.6 is 0 Å². The van der Waals surface area contributed by atoms with E-state index >= 15 is 0 Å². The fraction of sp³-hybridized carbons (Fsp3) is 0.533. The van der Waals surface area contributed by atoms with Crippen molar-refractivity contribution >= 4 is 21.9 Å². The summed E-state index contributed by atoms with van der Waals surface area (Å²) in [7, 11) is -0.784. The fourth-order valence-corrected chi connectivity index (χ4v) is 6.94. The van der Waals surface area contributed by atoms with Gasteiger partial charge in [0.2, 0.25) is 0 Å². The van der Waals surface area contributed by atoms with E-state index in [9.17, 15) is 28.2 Å². The second-order valence-corrected chi connectivity index (χ2v) is 13.9. The molecule has 0 aliphatic carbocycles. The molecule has 3 N–H and O–H groups in total. The van der Waals surface area contributed by atoms with Crippen molar-refractivity contribution in [2.45, 2.75) is 56.4 Å². The molecule has 12 heteroatoms. The van der Waals surface area contributed by atoms with E-state index in [-0.39, 0.29) is 25.9 Å². The highest BCUT2D eigenvalue weighted by molar-refractivity contribution is 7.92. The van der Waals surface area contributed by atoms with Gasteiger partial charge in [0, 0.05) is 19.6 Å². The first-order valence-electron chi connectivity index (χ1n) is 13.8. The molecule has 0 bridgehead atoms. The van der Waals surface area contributed by atoms with Crippen molar-refractivity contribution in [3.05, 3.63) is 48.0 Å². The van der Waals surface area contributed by atoms with Crippen molar-refractivity contribution in [2.24, 2.45) is 0 Å². The minimum absolute atomic E-state index is 0.0879. The van der Waals surface area contributed by atoms with Gasteiger partial charge in [-0.25, -0.2) is 13.2 Å². The van der Waals surface area contributed by atoms with Crippen LogP contribution < -0.4 is 14.8 Å². The Morgan fingerprint density at radius 3 is 2.21 bits per heavy atom. The molecular formula is C30H42N2O9S. The van der Waals surface area contributed by atoms with Gasteiger partial charge in [-0.1, -0.05) is 30.3 Å². The number of aliphatic hydroxyl groups is 1. The zero-order valence-corrected chi connectivity index (χ0v) is 25.7. The Morgan fingerprint density at radius 1 is 1.07 bits per heavy atom. The number of carboxylic acid groups (broad SMARTS) is 1. The molecule has 1 heterocycles. The number of aliphatic hydroxyl groups excluding tert-OH is 1. The summed E-state index contributed by atoms with van der Waals surface area (Å²) in [6.45, 7) is 4.54. The minimum atomic E-state index is -3.93. The average Bonchev–Trinajstić information content (AvgIpc) is 2.94. The molecule has 1 amide bonds. The number of amides is 1. The van der Waals surface area contributed by atoms with Crippen LogP contribution in [0.4, 0.5) is 4.79 Å². The highest BCUT2D eigenvalue weighted by Gasteiger charge is 2.48. The topological polar surface area (TPSA) is 152 Å². The maximum atomic E-state index is 13.4. The lowest BCUT2D eigenvalue weighted by atomic mass is 9.95. The first kappa shape index (κ1) is 33.2. The molecule has 1 unspecified atom stereocenters. The summed E-state index contributed by atoms with van der Waals surface area (Å²) < 4.78 is 41.8. The Morgan fingerprint density at radius 2 is 1.69 bits per heavy atom. The normalized spacial score (nSPS) is 18.3. The zero-order chi connectivity index (χ0) is 31.1. The third-order valence-corrected chi connectivity index (χ3v) is 9.81. The molecule has 11 nitrogen and oxygen atoms in total. The largest absolute Gasteiger partial charge is 0.496 e. The number of rotatable bonds is 12. The number of piperidine rings is 1. The van der Waals surface area contributed by atoms with Gasteiger partial charge in [0.05, 0.1) is 32.1 Å². The number of methoxy groups -OCH3 is 2. The molecule has 0 aromatic heterocycles. The SMILES string of the molecule is COc1cccc(OC)c1-c1ccc(C[C@H](NCC2(S(=O)(=O)CCO)CCCN(C(=O)OC(C)(C)C)C2)C(=O)O)cc1. The molecular weight excluding hydrogens is 564 g/mol. The van der Waals surface area contributed by atoms with Gasteiger partial charge in [0.15, 0.2) is 9.84 Å². The Hall–Kier alpha value is -3.35. The summed E-state index contributed by atoms with van der Waals surface area (Å²) in [6, 6.07) is 11.7. The number of benzene rings is 2. The zero-order valence-electron chi connectivity index (χ0n) is 24.9. The van der Waals surface area contributed by atoms with E-state index in [0.29, 0.717) is 24.5 Å². The molecule has 2 aromatic carbocycles. The molecule has 2 atom stereocenters. The van der Waals surface area contributed by atoms with Gasteiger partial charge in [-0.2, -0.15) is 0 Å². The number of hydrogen-bond acceptors (Lipinski definition) is 9. The van der Waals surface area contributed by atoms with E-state index < -0.39 is 50.6 Å². The van der Waals surface area contributed by atoms with Gasteiger partial charge < -0.3 is 34.6 Å². The van der Waals surface area contributed by atoms with Crippen LogP contribution in [0.5, 0.6) is 11.5 Å². The first-order valence-corrected chi connectivity index (χ1v) is 15.5. The van der Waals surface area contributed by atoms with E-state index in [2.05, 4.69) is 5.32 Å². The number of nitrogens with zero attached hydrogens (tertiary/aromatic N) is 1. The highest BCUT2D eigenvalue weighted by Crippen LogP contribution is 2.38.